The molecule has 0 atom stereocenters. The van der Waals surface area contributed by atoms with Crippen LogP contribution in [0.25, 0.3) is 10.9 Å². The molecule has 4 nitrogen and oxygen atoms in total. The van der Waals surface area contributed by atoms with Gasteiger partial charge in [-0.05, 0) is 24.5 Å². The first-order valence-corrected chi connectivity index (χ1v) is 7.82. The van der Waals surface area contributed by atoms with Crippen molar-refractivity contribution in [3.05, 3.63) is 24.3 Å². The van der Waals surface area contributed by atoms with Gasteiger partial charge < -0.3 is 14.6 Å². The molecule has 2 rings (SSSR count). The summed E-state index contributed by atoms with van der Waals surface area (Å²) in [5.41, 5.74) is 0.498. The summed E-state index contributed by atoms with van der Waals surface area (Å²) in [7, 11) is 1.59. The van der Waals surface area contributed by atoms with Gasteiger partial charge in [-0.1, -0.05) is 40.2 Å². The fourth-order valence-corrected chi connectivity index (χ4v) is 1.63. The SMILES string of the molecule is CCC(C)C.CCCOc1cc(OC)c2cccc(O)c2n1. The minimum Gasteiger partial charge on any atom is -0.506 e. The number of pyridine rings is 1. The van der Waals surface area contributed by atoms with Crippen molar-refractivity contribution in [3.8, 4) is 17.4 Å². The minimum absolute atomic E-state index is 0.128. The molecule has 122 valence electrons. The van der Waals surface area contributed by atoms with Gasteiger partial charge >= 0.3 is 0 Å². The molecule has 1 aromatic heterocycles. The van der Waals surface area contributed by atoms with Crippen LogP contribution in [-0.4, -0.2) is 23.8 Å². The third-order valence-electron chi connectivity index (χ3n) is 3.25. The summed E-state index contributed by atoms with van der Waals surface area (Å²) in [6.07, 6.45) is 2.21. The molecule has 4 heteroatoms. The number of hydrogen-bond acceptors (Lipinski definition) is 4. The Balaban J connectivity index is 0.000000422. The van der Waals surface area contributed by atoms with Gasteiger partial charge in [-0.2, -0.15) is 0 Å². The number of aromatic hydroxyl groups is 1. The van der Waals surface area contributed by atoms with Crippen molar-refractivity contribution in [1.82, 2.24) is 4.98 Å². The van der Waals surface area contributed by atoms with Crippen LogP contribution in [0, 0.1) is 5.92 Å². The quantitative estimate of drug-likeness (QED) is 0.863. The van der Waals surface area contributed by atoms with Crippen LogP contribution in [-0.2, 0) is 0 Å². The molecular formula is C18H27NO3. The number of nitrogens with zero attached hydrogens (tertiary/aromatic N) is 1. The molecule has 22 heavy (non-hydrogen) atoms. The maximum atomic E-state index is 9.77. The van der Waals surface area contributed by atoms with Crippen LogP contribution in [0.3, 0.4) is 0 Å². The number of rotatable bonds is 5. The monoisotopic (exact) mass is 305 g/mol. The van der Waals surface area contributed by atoms with E-state index in [0.717, 1.165) is 17.7 Å². The molecule has 0 saturated heterocycles. The molecule has 0 aliphatic heterocycles. The van der Waals surface area contributed by atoms with Crippen LogP contribution < -0.4 is 9.47 Å². The van der Waals surface area contributed by atoms with Crippen LogP contribution in [0.2, 0.25) is 0 Å². The van der Waals surface area contributed by atoms with E-state index < -0.39 is 0 Å². The predicted octanol–water partition coefficient (Wildman–Crippen LogP) is 4.79. The van der Waals surface area contributed by atoms with Gasteiger partial charge in [0, 0.05) is 11.5 Å². The topological polar surface area (TPSA) is 51.6 Å². The summed E-state index contributed by atoms with van der Waals surface area (Å²) in [5.74, 6) is 2.13. The summed E-state index contributed by atoms with van der Waals surface area (Å²) in [6, 6.07) is 6.94. The molecule has 1 aromatic carbocycles. The van der Waals surface area contributed by atoms with Crippen molar-refractivity contribution < 1.29 is 14.6 Å². The Hall–Kier alpha value is -1.97. The highest BCUT2D eigenvalue weighted by atomic mass is 16.5. The first-order valence-electron chi connectivity index (χ1n) is 7.82. The predicted molar refractivity (Wildman–Crippen MR) is 90.9 cm³/mol. The van der Waals surface area contributed by atoms with Gasteiger partial charge in [0.25, 0.3) is 0 Å². The van der Waals surface area contributed by atoms with E-state index in [1.807, 2.05) is 13.0 Å². The number of hydrogen-bond donors (Lipinski definition) is 1. The average Bonchev–Trinajstić information content (AvgIpc) is 2.53. The normalized spacial score (nSPS) is 10.3. The molecule has 0 fully saturated rings. The average molecular weight is 305 g/mol. The number of methoxy groups -OCH3 is 1. The Morgan fingerprint density at radius 2 is 1.91 bits per heavy atom. The molecule has 0 spiro atoms. The standard InChI is InChI=1S/C13H15NO3.C5H12/c1-3-7-17-12-8-11(16-2)9-5-4-6-10(15)13(9)14-12;1-4-5(2)3/h4-6,8,15H,3,7H2,1-2H3;5H,4H2,1-3H3. The first kappa shape index (κ1) is 18.1. The second kappa shape index (κ2) is 9.13. The maximum Gasteiger partial charge on any atom is 0.217 e. The van der Waals surface area contributed by atoms with Gasteiger partial charge in [0.15, 0.2) is 0 Å². The summed E-state index contributed by atoms with van der Waals surface area (Å²) in [5, 5.41) is 10.5. The lowest BCUT2D eigenvalue weighted by Crippen LogP contribution is -1.98. The second-order valence-corrected chi connectivity index (χ2v) is 5.49. The van der Waals surface area contributed by atoms with Crippen molar-refractivity contribution >= 4 is 10.9 Å². The van der Waals surface area contributed by atoms with E-state index in [1.165, 1.54) is 6.42 Å². The highest BCUT2D eigenvalue weighted by molar-refractivity contribution is 5.90. The van der Waals surface area contributed by atoms with Crippen molar-refractivity contribution in [2.24, 2.45) is 5.92 Å². The Morgan fingerprint density at radius 3 is 2.45 bits per heavy atom. The molecule has 0 amide bonds. The molecule has 0 unspecified atom stereocenters. The Bertz CT molecular complexity index is 582. The van der Waals surface area contributed by atoms with Crippen molar-refractivity contribution in [1.29, 1.82) is 0 Å². The highest BCUT2D eigenvalue weighted by Gasteiger charge is 2.09. The second-order valence-electron chi connectivity index (χ2n) is 5.49. The first-order chi connectivity index (χ1) is 10.5. The zero-order valence-corrected chi connectivity index (χ0v) is 14.2. The van der Waals surface area contributed by atoms with Crippen LogP contribution in [0.15, 0.2) is 24.3 Å². The Kier molecular flexibility index (Phi) is 7.50. The maximum absolute atomic E-state index is 9.77. The fraction of sp³-hybridized carbons (Fsp3) is 0.500. The zero-order chi connectivity index (χ0) is 16.5. The highest BCUT2D eigenvalue weighted by Crippen LogP contribution is 2.32. The molecule has 0 aliphatic carbocycles. The van der Waals surface area contributed by atoms with E-state index in [-0.39, 0.29) is 5.75 Å². The zero-order valence-electron chi connectivity index (χ0n) is 14.2. The van der Waals surface area contributed by atoms with E-state index in [2.05, 4.69) is 25.8 Å². The van der Waals surface area contributed by atoms with Crippen molar-refractivity contribution in [3.63, 3.8) is 0 Å². The minimum atomic E-state index is 0.128. The van der Waals surface area contributed by atoms with Crippen LogP contribution in [0.4, 0.5) is 0 Å². The van der Waals surface area contributed by atoms with Crippen LogP contribution >= 0.6 is 0 Å². The van der Waals surface area contributed by atoms with Gasteiger partial charge in [0.05, 0.1) is 13.7 Å². The number of ether oxygens (including phenoxy) is 2. The van der Waals surface area contributed by atoms with E-state index >= 15 is 0 Å². The van der Waals surface area contributed by atoms with E-state index in [9.17, 15) is 5.11 Å². The third kappa shape index (κ3) is 5.10. The van der Waals surface area contributed by atoms with Gasteiger partial charge in [-0.15, -0.1) is 0 Å². The van der Waals surface area contributed by atoms with E-state index in [1.54, 1.807) is 25.3 Å². The third-order valence-corrected chi connectivity index (χ3v) is 3.25. The molecule has 0 radical (unpaired) electrons. The van der Waals surface area contributed by atoms with Gasteiger partial charge in [0.2, 0.25) is 5.88 Å². The number of para-hydroxylation sites is 1. The van der Waals surface area contributed by atoms with Crippen molar-refractivity contribution in [2.75, 3.05) is 13.7 Å². The molecule has 1 heterocycles. The fourth-order valence-electron chi connectivity index (χ4n) is 1.63. The van der Waals surface area contributed by atoms with Crippen LogP contribution in [0.5, 0.6) is 17.4 Å². The van der Waals surface area contributed by atoms with Gasteiger partial charge in [0.1, 0.15) is 17.0 Å². The Labute approximate surface area is 133 Å². The van der Waals surface area contributed by atoms with Crippen LogP contribution in [0.1, 0.15) is 40.5 Å². The molecule has 2 aromatic rings. The molecule has 0 aliphatic rings. The summed E-state index contributed by atoms with van der Waals surface area (Å²) < 4.78 is 10.7. The number of phenolic OH excluding ortho intramolecular Hbond substituents is 1. The lowest BCUT2D eigenvalue weighted by molar-refractivity contribution is 0.303. The molecule has 1 N–H and O–H groups in total. The van der Waals surface area contributed by atoms with E-state index in [4.69, 9.17) is 9.47 Å². The lowest BCUT2D eigenvalue weighted by atomic mass is 10.2. The summed E-state index contributed by atoms with van der Waals surface area (Å²) in [4.78, 5) is 4.27. The lowest BCUT2D eigenvalue weighted by Gasteiger charge is -2.10. The van der Waals surface area contributed by atoms with Gasteiger partial charge in [-0.3, -0.25) is 0 Å². The van der Waals surface area contributed by atoms with E-state index in [0.29, 0.717) is 23.8 Å². The summed E-state index contributed by atoms with van der Waals surface area (Å²) in [6.45, 7) is 9.26. The smallest absolute Gasteiger partial charge is 0.217 e. The molecular weight excluding hydrogens is 278 g/mol. The molecule has 0 bridgehead atoms. The summed E-state index contributed by atoms with van der Waals surface area (Å²) >= 11 is 0. The Morgan fingerprint density at radius 1 is 1.23 bits per heavy atom. The number of fused-ring (bicyclic) bond motifs is 1. The molecule has 0 saturated carbocycles. The van der Waals surface area contributed by atoms with Gasteiger partial charge in [-0.25, -0.2) is 4.98 Å². The number of phenols is 1. The van der Waals surface area contributed by atoms with Crippen molar-refractivity contribution in [2.45, 2.75) is 40.5 Å². The largest absolute Gasteiger partial charge is 0.506 e. The number of aromatic nitrogens is 1. The number of benzene rings is 1.